The maximum Gasteiger partial charge on any atom is 0.303 e. The summed E-state index contributed by atoms with van der Waals surface area (Å²) in [5.74, 6) is -1.04. The van der Waals surface area contributed by atoms with Crippen molar-refractivity contribution in [3.63, 3.8) is 0 Å². The molecule has 1 aliphatic rings. The first-order valence-corrected chi connectivity index (χ1v) is 9.74. The van der Waals surface area contributed by atoms with Crippen molar-refractivity contribution in [2.24, 2.45) is 11.8 Å². The van der Waals surface area contributed by atoms with Gasteiger partial charge in [0.1, 0.15) is 5.78 Å². The third kappa shape index (κ3) is 8.63. The van der Waals surface area contributed by atoms with Gasteiger partial charge in [0.05, 0.1) is 12.2 Å². The molecule has 144 valence electrons. The Morgan fingerprint density at radius 2 is 1.92 bits per heavy atom. The van der Waals surface area contributed by atoms with Crippen LogP contribution in [0.3, 0.4) is 0 Å². The van der Waals surface area contributed by atoms with E-state index < -0.39 is 18.2 Å². The molecule has 1 rings (SSSR count). The first-order chi connectivity index (χ1) is 12.0. The topological polar surface area (TPSA) is 94.8 Å². The van der Waals surface area contributed by atoms with E-state index >= 15 is 0 Å². The van der Waals surface area contributed by atoms with Gasteiger partial charge in [0, 0.05) is 24.7 Å². The molecule has 0 aromatic rings. The second kappa shape index (κ2) is 12.2. The molecule has 0 bridgehead atoms. The lowest BCUT2D eigenvalue weighted by Gasteiger charge is -2.18. The highest BCUT2D eigenvalue weighted by molar-refractivity contribution is 5.84. The average Bonchev–Trinajstić information content (AvgIpc) is 2.82. The van der Waals surface area contributed by atoms with Gasteiger partial charge >= 0.3 is 5.97 Å². The van der Waals surface area contributed by atoms with E-state index in [0.29, 0.717) is 6.42 Å². The number of aliphatic carboxylic acids is 1. The molecule has 5 heteroatoms. The zero-order valence-electron chi connectivity index (χ0n) is 15.4. The van der Waals surface area contributed by atoms with Crippen LogP contribution in [0.2, 0.25) is 0 Å². The van der Waals surface area contributed by atoms with E-state index in [9.17, 15) is 19.8 Å². The quantitative estimate of drug-likeness (QED) is 0.348. The van der Waals surface area contributed by atoms with E-state index in [-0.39, 0.29) is 30.5 Å². The molecule has 0 aromatic heterocycles. The van der Waals surface area contributed by atoms with Gasteiger partial charge in [0.15, 0.2) is 0 Å². The molecule has 25 heavy (non-hydrogen) atoms. The highest BCUT2D eigenvalue weighted by Gasteiger charge is 2.39. The van der Waals surface area contributed by atoms with Crippen molar-refractivity contribution < 1.29 is 24.9 Å². The van der Waals surface area contributed by atoms with Crippen molar-refractivity contribution in [2.75, 3.05) is 0 Å². The summed E-state index contributed by atoms with van der Waals surface area (Å²) in [6.45, 7) is 2.12. The molecule has 1 saturated carbocycles. The van der Waals surface area contributed by atoms with Gasteiger partial charge < -0.3 is 15.3 Å². The van der Waals surface area contributed by atoms with Crippen LogP contribution < -0.4 is 0 Å². The van der Waals surface area contributed by atoms with Gasteiger partial charge in [-0.2, -0.15) is 0 Å². The Morgan fingerprint density at radius 1 is 1.20 bits per heavy atom. The largest absolute Gasteiger partial charge is 0.481 e. The predicted octanol–water partition coefficient (Wildman–Crippen LogP) is 3.48. The van der Waals surface area contributed by atoms with Gasteiger partial charge in [-0.15, -0.1) is 0 Å². The van der Waals surface area contributed by atoms with Crippen LogP contribution in [0.25, 0.3) is 0 Å². The van der Waals surface area contributed by atoms with Crippen LogP contribution in [0.5, 0.6) is 0 Å². The first kappa shape index (κ1) is 21.8. The summed E-state index contributed by atoms with van der Waals surface area (Å²) in [5, 5.41) is 28.7. The third-order valence-electron chi connectivity index (χ3n) is 5.05. The maximum absolute atomic E-state index is 12.1. The molecule has 5 nitrogen and oxygen atoms in total. The van der Waals surface area contributed by atoms with Crippen molar-refractivity contribution in [1.82, 2.24) is 0 Å². The molecule has 1 fully saturated rings. The lowest BCUT2D eigenvalue weighted by Crippen LogP contribution is -2.19. The lowest BCUT2D eigenvalue weighted by molar-refractivity contribution is -0.137. The van der Waals surface area contributed by atoms with Gasteiger partial charge in [0.25, 0.3) is 0 Å². The number of hydrogen-bond acceptors (Lipinski definition) is 4. The number of carbonyl (C=O) groups is 2. The van der Waals surface area contributed by atoms with Gasteiger partial charge in [-0.3, -0.25) is 9.59 Å². The fraction of sp³-hybridized carbons (Fsp3) is 0.800. The van der Waals surface area contributed by atoms with Gasteiger partial charge in [0.2, 0.25) is 0 Å². The Hall–Kier alpha value is -1.20. The summed E-state index contributed by atoms with van der Waals surface area (Å²) in [6, 6.07) is 0. The fourth-order valence-electron chi connectivity index (χ4n) is 3.54. The number of Topliss-reactive ketones (excluding diaryl/α,β-unsaturated/α-hetero) is 1. The Balaban J connectivity index is 2.39. The van der Waals surface area contributed by atoms with Crippen LogP contribution in [0.1, 0.15) is 77.6 Å². The number of rotatable bonds is 13. The summed E-state index contributed by atoms with van der Waals surface area (Å²) in [5.41, 5.74) is 0. The van der Waals surface area contributed by atoms with Crippen molar-refractivity contribution in [1.29, 1.82) is 0 Å². The molecular weight excluding hydrogens is 320 g/mol. The number of unbranched alkanes of at least 4 members (excludes halogenated alkanes) is 5. The highest BCUT2D eigenvalue weighted by Crippen LogP contribution is 2.34. The molecule has 0 aliphatic heterocycles. The number of carbonyl (C=O) groups excluding carboxylic acids is 1. The highest BCUT2D eigenvalue weighted by atomic mass is 16.4. The van der Waals surface area contributed by atoms with E-state index in [0.717, 1.165) is 51.4 Å². The van der Waals surface area contributed by atoms with Crippen LogP contribution in [-0.2, 0) is 9.59 Å². The van der Waals surface area contributed by atoms with E-state index in [2.05, 4.69) is 6.92 Å². The maximum atomic E-state index is 12.1. The smallest absolute Gasteiger partial charge is 0.303 e. The minimum atomic E-state index is -0.767. The molecule has 0 amide bonds. The molecule has 0 heterocycles. The van der Waals surface area contributed by atoms with Crippen LogP contribution in [0.15, 0.2) is 12.2 Å². The monoisotopic (exact) mass is 354 g/mol. The fourth-order valence-corrected chi connectivity index (χ4v) is 3.54. The van der Waals surface area contributed by atoms with Crippen molar-refractivity contribution in [3.05, 3.63) is 12.2 Å². The minimum absolute atomic E-state index is 0.105. The third-order valence-corrected chi connectivity index (χ3v) is 5.05. The van der Waals surface area contributed by atoms with Crippen LogP contribution in [-0.4, -0.2) is 39.3 Å². The average molecular weight is 354 g/mol. The molecule has 3 N–H and O–H groups in total. The SMILES string of the molecule is CCCCC[C@H](O)C=C[C@H]1[C@@H](O)CC(=O)[C@@H]1CCCCCCC(=O)O. The van der Waals surface area contributed by atoms with E-state index in [1.54, 1.807) is 6.08 Å². The van der Waals surface area contributed by atoms with E-state index in [1.165, 1.54) is 0 Å². The number of carboxylic acid groups (broad SMARTS) is 1. The number of hydrogen-bond donors (Lipinski definition) is 3. The summed E-state index contributed by atoms with van der Waals surface area (Å²) < 4.78 is 0. The first-order valence-electron chi connectivity index (χ1n) is 9.74. The summed E-state index contributed by atoms with van der Waals surface area (Å²) >= 11 is 0. The molecule has 0 unspecified atom stereocenters. The summed E-state index contributed by atoms with van der Waals surface area (Å²) in [7, 11) is 0. The van der Waals surface area contributed by atoms with Crippen molar-refractivity contribution in [2.45, 2.75) is 89.8 Å². The Morgan fingerprint density at radius 3 is 2.60 bits per heavy atom. The minimum Gasteiger partial charge on any atom is -0.481 e. The molecule has 0 aromatic carbocycles. The molecule has 0 radical (unpaired) electrons. The Labute approximate surface area is 151 Å². The summed E-state index contributed by atoms with van der Waals surface area (Å²) in [6.07, 6.45) is 10.7. The van der Waals surface area contributed by atoms with Crippen molar-refractivity contribution in [3.8, 4) is 0 Å². The van der Waals surface area contributed by atoms with E-state index in [1.807, 2.05) is 6.08 Å². The normalized spacial score (nSPS) is 24.9. The standard InChI is InChI=1S/C20H34O5/c1-2-3-6-9-15(21)12-13-17-16(18(22)14-19(17)23)10-7-4-5-8-11-20(24)25/h12-13,15-17,19,21,23H,2-11,14H2,1H3,(H,24,25)/t15-,16+,17+,19-/m0/s1. The van der Waals surface area contributed by atoms with Gasteiger partial charge in [-0.25, -0.2) is 0 Å². The number of ketones is 1. The van der Waals surface area contributed by atoms with E-state index in [4.69, 9.17) is 5.11 Å². The molecule has 1 aliphatic carbocycles. The molecule has 0 spiro atoms. The molecule has 4 atom stereocenters. The predicted molar refractivity (Wildman–Crippen MR) is 97.2 cm³/mol. The number of aliphatic hydroxyl groups is 2. The number of carboxylic acids is 1. The number of aliphatic hydroxyl groups excluding tert-OH is 2. The van der Waals surface area contributed by atoms with Crippen molar-refractivity contribution >= 4 is 11.8 Å². The lowest BCUT2D eigenvalue weighted by atomic mass is 9.88. The second-order valence-electron chi connectivity index (χ2n) is 7.22. The zero-order chi connectivity index (χ0) is 18.7. The van der Waals surface area contributed by atoms with Gasteiger partial charge in [-0.1, -0.05) is 57.6 Å². The Bertz CT molecular complexity index is 432. The van der Waals surface area contributed by atoms with Crippen LogP contribution >= 0.6 is 0 Å². The summed E-state index contributed by atoms with van der Waals surface area (Å²) in [4.78, 5) is 22.6. The Kier molecular flexibility index (Phi) is 10.7. The second-order valence-corrected chi connectivity index (χ2v) is 7.22. The zero-order valence-corrected chi connectivity index (χ0v) is 15.4. The molecular formula is C20H34O5. The van der Waals surface area contributed by atoms with Crippen LogP contribution in [0.4, 0.5) is 0 Å². The van der Waals surface area contributed by atoms with Gasteiger partial charge in [-0.05, 0) is 19.3 Å². The molecule has 0 saturated heterocycles. The van der Waals surface area contributed by atoms with Crippen LogP contribution in [0, 0.1) is 11.8 Å².